The summed E-state index contributed by atoms with van der Waals surface area (Å²) in [4.78, 5) is 2.60. The lowest BCUT2D eigenvalue weighted by atomic mass is 9.43. The molecular weight excluding hydrogens is 457 g/mol. The van der Waals surface area contributed by atoms with Crippen LogP contribution in [-0.2, 0) is 0 Å². The highest BCUT2D eigenvalue weighted by atomic mass is 15.1. The lowest BCUT2D eigenvalue weighted by Gasteiger charge is -2.43. The van der Waals surface area contributed by atoms with Gasteiger partial charge in [0.2, 0.25) is 0 Å². The van der Waals surface area contributed by atoms with Crippen LogP contribution in [0.1, 0.15) is 0 Å². The van der Waals surface area contributed by atoms with Crippen molar-refractivity contribution in [2.45, 2.75) is 0 Å². The minimum absolute atomic E-state index is 0.133. The molecular formula is C36H22BN. The number of fused-ring (bicyclic) bond motifs is 17. The number of para-hydroxylation sites is 1. The van der Waals surface area contributed by atoms with Crippen molar-refractivity contribution < 1.29 is 0 Å². The summed E-state index contributed by atoms with van der Waals surface area (Å²) in [6.07, 6.45) is 0. The third-order valence-electron chi connectivity index (χ3n) is 8.63. The van der Waals surface area contributed by atoms with Crippen molar-refractivity contribution in [2.24, 2.45) is 0 Å². The maximum atomic E-state index is 2.60. The molecule has 2 heteroatoms. The molecule has 1 nitrogen and oxygen atoms in total. The maximum absolute atomic E-state index is 2.60. The van der Waals surface area contributed by atoms with Crippen molar-refractivity contribution in [1.29, 1.82) is 0 Å². The van der Waals surface area contributed by atoms with Crippen LogP contribution in [0.2, 0.25) is 0 Å². The first kappa shape index (κ1) is 20.3. The molecule has 9 rings (SSSR count). The van der Waals surface area contributed by atoms with Crippen molar-refractivity contribution in [2.75, 3.05) is 4.81 Å². The summed E-state index contributed by atoms with van der Waals surface area (Å²) in [6, 6.07) is 49.5. The number of nitrogens with zero attached hydrogens (tertiary/aromatic N) is 1. The Labute approximate surface area is 221 Å². The van der Waals surface area contributed by atoms with E-state index in [9.17, 15) is 0 Å². The Balaban J connectivity index is 1.48. The molecule has 2 aliphatic heterocycles. The highest BCUT2D eigenvalue weighted by Crippen LogP contribution is 2.48. The summed E-state index contributed by atoms with van der Waals surface area (Å²) in [6.45, 7) is 0.133. The van der Waals surface area contributed by atoms with Gasteiger partial charge in [-0.3, -0.25) is 0 Å². The van der Waals surface area contributed by atoms with E-state index in [2.05, 4.69) is 138 Å². The lowest BCUT2D eigenvalue weighted by Crippen LogP contribution is -2.59. The predicted molar refractivity (Wildman–Crippen MR) is 163 cm³/mol. The molecule has 38 heavy (non-hydrogen) atoms. The minimum atomic E-state index is 0.133. The molecule has 0 unspecified atom stereocenters. The average molecular weight is 479 g/mol. The molecule has 174 valence electrons. The van der Waals surface area contributed by atoms with Gasteiger partial charge in [-0.1, -0.05) is 115 Å². The molecule has 0 aliphatic carbocycles. The minimum Gasteiger partial charge on any atom is -0.376 e. The van der Waals surface area contributed by atoms with Crippen molar-refractivity contribution in [3.05, 3.63) is 133 Å². The van der Waals surface area contributed by atoms with Gasteiger partial charge in [0.05, 0.1) is 0 Å². The largest absolute Gasteiger partial charge is 0.376 e. The zero-order valence-corrected chi connectivity index (χ0v) is 20.7. The van der Waals surface area contributed by atoms with Gasteiger partial charge in [0.15, 0.2) is 0 Å². The van der Waals surface area contributed by atoms with Crippen LogP contribution in [0, 0.1) is 0 Å². The van der Waals surface area contributed by atoms with E-state index >= 15 is 0 Å². The quantitative estimate of drug-likeness (QED) is 0.157. The zero-order chi connectivity index (χ0) is 24.8. The number of anilines is 2. The molecule has 7 aromatic rings. The first-order chi connectivity index (χ1) is 18.9. The van der Waals surface area contributed by atoms with E-state index in [-0.39, 0.29) is 6.85 Å². The van der Waals surface area contributed by atoms with Crippen molar-refractivity contribution >= 4 is 61.5 Å². The lowest BCUT2D eigenvalue weighted by molar-refractivity contribution is 1.36. The molecule has 0 saturated carbocycles. The van der Waals surface area contributed by atoms with Crippen LogP contribution in [0.5, 0.6) is 0 Å². The van der Waals surface area contributed by atoms with Gasteiger partial charge in [-0.15, -0.1) is 0 Å². The molecule has 0 fully saturated rings. The van der Waals surface area contributed by atoms with Crippen molar-refractivity contribution in [3.8, 4) is 22.3 Å². The van der Waals surface area contributed by atoms with Gasteiger partial charge in [-0.25, -0.2) is 0 Å². The van der Waals surface area contributed by atoms with Gasteiger partial charge in [0, 0.05) is 22.5 Å². The molecule has 0 saturated heterocycles. The SMILES string of the molecule is c1ccc2c(c1)B1c3ccccc3-c3cc4c5ccccc5c5ccccc5c4cc3N1c1ccccc1-2. The Morgan fingerprint density at radius 2 is 0.789 bits per heavy atom. The second-order valence-corrected chi connectivity index (χ2v) is 10.5. The molecule has 0 radical (unpaired) electrons. The normalized spacial score (nSPS) is 13.2. The van der Waals surface area contributed by atoms with E-state index in [1.54, 1.807) is 0 Å². The molecule has 2 aliphatic rings. The first-order valence-electron chi connectivity index (χ1n) is 13.3. The average Bonchev–Trinajstić information content (AvgIpc) is 3.00. The van der Waals surface area contributed by atoms with E-state index in [1.807, 2.05) is 0 Å². The number of rotatable bonds is 0. The standard InChI is InChI=1S/C36H22BN/c1-3-13-25-23(11-1)24-12-2-4-14-26(24)31-22-36-32(21-30(25)31)28-16-6-9-19-34(28)37-33-18-8-5-15-27(33)29-17-7-10-20-35(29)38(36)37/h1-22H. The third kappa shape index (κ3) is 2.52. The molecule has 0 bridgehead atoms. The van der Waals surface area contributed by atoms with Crippen LogP contribution in [-0.4, -0.2) is 6.85 Å². The monoisotopic (exact) mass is 479 g/mol. The predicted octanol–water partition coefficient (Wildman–Crippen LogP) is 8.05. The molecule has 7 aromatic carbocycles. The second kappa shape index (κ2) is 7.37. The van der Waals surface area contributed by atoms with E-state index < -0.39 is 0 Å². The zero-order valence-electron chi connectivity index (χ0n) is 20.7. The summed E-state index contributed by atoms with van der Waals surface area (Å²) in [5.74, 6) is 0. The summed E-state index contributed by atoms with van der Waals surface area (Å²) in [7, 11) is 0. The topological polar surface area (TPSA) is 3.24 Å². The highest BCUT2D eigenvalue weighted by Gasteiger charge is 2.42. The Morgan fingerprint density at radius 3 is 1.42 bits per heavy atom. The third-order valence-corrected chi connectivity index (χ3v) is 8.63. The summed E-state index contributed by atoms with van der Waals surface area (Å²) >= 11 is 0. The van der Waals surface area contributed by atoms with Gasteiger partial charge < -0.3 is 4.81 Å². The van der Waals surface area contributed by atoms with Gasteiger partial charge in [0.25, 0.3) is 0 Å². The fraction of sp³-hybridized carbons (Fsp3) is 0. The van der Waals surface area contributed by atoms with E-state index in [4.69, 9.17) is 0 Å². The van der Waals surface area contributed by atoms with Gasteiger partial charge in [0.1, 0.15) is 0 Å². The molecule has 0 atom stereocenters. The molecule has 0 aromatic heterocycles. The maximum Gasteiger partial charge on any atom is 0.329 e. The van der Waals surface area contributed by atoms with Crippen LogP contribution < -0.4 is 15.7 Å². The van der Waals surface area contributed by atoms with Crippen LogP contribution >= 0.6 is 0 Å². The summed E-state index contributed by atoms with van der Waals surface area (Å²) < 4.78 is 0. The Hall–Kier alpha value is -4.82. The van der Waals surface area contributed by atoms with Crippen LogP contribution in [0.25, 0.3) is 54.6 Å². The van der Waals surface area contributed by atoms with Gasteiger partial charge >= 0.3 is 6.85 Å². The fourth-order valence-electron chi connectivity index (χ4n) is 7.08. The van der Waals surface area contributed by atoms with E-state index in [0.29, 0.717) is 0 Å². The highest BCUT2D eigenvalue weighted by molar-refractivity contribution is 6.92. The van der Waals surface area contributed by atoms with Crippen molar-refractivity contribution in [3.63, 3.8) is 0 Å². The Bertz CT molecular complexity index is 2110. The van der Waals surface area contributed by atoms with E-state index in [1.165, 1.54) is 76.9 Å². The number of hydrogen-bond acceptors (Lipinski definition) is 1. The summed E-state index contributed by atoms with van der Waals surface area (Å²) in [5.41, 5.74) is 10.6. The Morgan fingerprint density at radius 1 is 0.342 bits per heavy atom. The molecule has 0 spiro atoms. The summed E-state index contributed by atoms with van der Waals surface area (Å²) in [5, 5.41) is 7.88. The molecule has 0 N–H and O–H groups in total. The molecule has 0 amide bonds. The van der Waals surface area contributed by atoms with Crippen molar-refractivity contribution in [1.82, 2.24) is 0 Å². The van der Waals surface area contributed by atoms with Gasteiger partial charge in [-0.2, -0.15) is 0 Å². The van der Waals surface area contributed by atoms with E-state index in [0.717, 1.165) is 0 Å². The van der Waals surface area contributed by atoms with Gasteiger partial charge in [-0.05, 0) is 72.6 Å². The van der Waals surface area contributed by atoms with Crippen LogP contribution in [0.15, 0.2) is 133 Å². The van der Waals surface area contributed by atoms with Crippen LogP contribution in [0.3, 0.4) is 0 Å². The van der Waals surface area contributed by atoms with Crippen LogP contribution in [0.4, 0.5) is 11.4 Å². The Kier molecular flexibility index (Phi) is 3.93. The second-order valence-electron chi connectivity index (χ2n) is 10.5. The number of benzene rings is 7. The molecule has 2 heterocycles. The first-order valence-corrected chi connectivity index (χ1v) is 13.3. The smallest absolute Gasteiger partial charge is 0.329 e. The number of hydrogen-bond donors (Lipinski definition) is 0. The fourth-order valence-corrected chi connectivity index (χ4v) is 7.08.